The van der Waals surface area contributed by atoms with E-state index in [9.17, 15) is 0 Å². The minimum absolute atomic E-state index is 0.476. The molecular formula is C13H11ClN2S2. The molecule has 0 saturated heterocycles. The zero-order chi connectivity index (χ0) is 13.0. The lowest BCUT2D eigenvalue weighted by Crippen LogP contribution is -2.19. The van der Waals surface area contributed by atoms with Crippen LogP contribution in [0.15, 0.2) is 53.4 Å². The van der Waals surface area contributed by atoms with E-state index in [0.29, 0.717) is 10.1 Å². The van der Waals surface area contributed by atoms with Crippen LogP contribution in [0.5, 0.6) is 0 Å². The number of nitrogens with one attached hydrogen (secondary N) is 2. The number of para-hydroxylation sites is 2. The Morgan fingerprint density at radius 1 is 0.944 bits per heavy atom. The Kier molecular flexibility index (Phi) is 4.47. The molecule has 2 rings (SSSR count). The van der Waals surface area contributed by atoms with Gasteiger partial charge in [0.2, 0.25) is 0 Å². The maximum atomic E-state index is 6.04. The average molecular weight is 295 g/mol. The Morgan fingerprint density at radius 3 is 2.17 bits per heavy atom. The normalized spacial score (nSPS) is 9.89. The van der Waals surface area contributed by atoms with Gasteiger partial charge in [0.15, 0.2) is 5.11 Å². The molecular weight excluding hydrogens is 284 g/mol. The fraction of sp³-hybridized carbons (Fsp3) is 0. The number of anilines is 2. The second-order valence-electron chi connectivity index (χ2n) is 3.58. The summed E-state index contributed by atoms with van der Waals surface area (Å²) in [4.78, 5) is 0.834. The molecule has 2 aromatic rings. The first-order valence-corrected chi connectivity index (χ1v) is 6.50. The zero-order valence-electron chi connectivity index (χ0n) is 9.35. The van der Waals surface area contributed by atoms with Crippen LogP contribution in [0, 0.1) is 0 Å². The van der Waals surface area contributed by atoms with Crippen LogP contribution in [0.25, 0.3) is 0 Å². The third kappa shape index (κ3) is 3.38. The highest BCUT2D eigenvalue weighted by molar-refractivity contribution is 7.81. The van der Waals surface area contributed by atoms with E-state index in [-0.39, 0.29) is 0 Å². The van der Waals surface area contributed by atoms with Gasteiger partial charge in [0.05, 0.1) is 16.4 Å². The molecule has 0 aliphatic rings. The molecule has 0 heterocycles. The number of benzene rings is 2. The van der Waals surface area contributed by atoms with E-state index in [0.717, 1.165) is 16.3 Å². The summed E-state index contributed by atoms with van der Waals surface area (Å²) in [6.45, 7) is 0. The number of thiocarbonyl (C=S) groups is 1. The molecule has 92 valence electrons. The third-order valence-corrected chi connectivity index (χ3v) is 3.20. The van der Waals surface area contributed by atoms with E-state index >= 15 is 0 Å². The predicted molar refractivity (Wildman–Crippen MR) is 85.0 cm³/mol. The first-order valence-electron chi connectivity index (χ1n) is 5.27. The minimum atomic E-state index is 0.476. The van der Waals surface area contributed by atoms with Crippen molar-refractivity contribution in [1.82, 2.24) is 0 Å². The lowest BCUT2D eigenvalue weighted by Gasteiger charge is -2.12. The molecule has 0 amide bonds. The highest BCUT2D eigenvalue weighted by Crippen LogP contribution is 2.22. The molecule has 0 unspecified atom stereocenters. The summed E-state index contributed by atoms with van der Waals surface area (Å²) in [5.41, 5.74) is 1.62. The Labute approximate surface area is 122 Å². The fourth-order valence-corrected chi connectivity index (χ4v) is 2.04. The summed E-state index contributed by atoms with van der Waals surface area (Å²) < 4.78 is 0. The lowest BCUT2D eigenvalue weighted by molar-refractivity contribution is 1.45. The van der Waals surface area contributed by atoms with E-state index in [1.165, 1.54) is 0 Å². The van der Waals surface area contributed by atoms with Crippen molar-refractivity contribution in [2.75, 3.05) is 10.6 Å². The van der Waals surface area contributed by atoms with Crippen molar-refractivity contribution in [2.24, 2.45) is 0 Å². The number of thiol groups is 1. The molecule has 2 aromatic carbocycles. The van der Waals surface area contributed by atoms with E-state index in [4.69, 9.17) is 23.8 Å². The van der Waals surface area contributed by atoms with Gasteiger partial charge in [0, 0.05) is 4.90 Å². The second kappa shape index (κ2) is 6.09. The summed E-state index contributed by atoms with van der Waals surface area (Å²) in [6, 6.07) is 15.1. The van der Waals surface area contributed by atoms with Gasteiger partial charge < -0.3 is 10.6 Å². The van der Waals surface area contributed by atoms with Crippen molar-refractivity contribution < 1.29 is 0 Å². The van der Waals surface area contributed by atoms with Crippen LogP contribution >= 0.6 is 36.4 Å². The van der Waals surface area contributed by atoms with Crippen LogP contribution in [0.3, 0.4) is 0 Å². The Morgan fingerprint density at radius 2 is 1.50 bits per heavy atom. The van der Waals surface area contributed by atoms with Crippen molar-refractivity contribution in [3.05, 3.63) is 53.6 Å². The first-order chi connectivity index (χ1) is 8.66. The molecule has 0 atom stereocenters. The maximum absolute atomic E-state index is 6.04. The number of hydrogen-bond acceptors (Lipinski definition) is 2. The molecule has 18 heavy (non-hydrogen) atoms. The molecule has 0 bridgehead atoms. The number of rotatable bonds is 2. The van der Waals surface area contributed by atoms with E-state index in [2.05, 4.69) is 23.3 Å². The zero-order valence-corrected chi connectivity index (χ0v) is 11.8. The van der Waals surface area contributed by atoms with Crippen molar-refractivity contribution in [3.63, 3.8) is 0 Å². The number of hydrogen-bond donors (Lipinski definition) is 3. The van der Waals surface area contributed by atoms with Gasteiger partial charge in [-0.15, -0.1) is 12.6 Å². The summed E-state index contributed by atoms with van der Waals surface area (Å²) >= 11 is 15.6. The molecule has 0 radical (unpaired) electrons. The van der Waals surface area contributed by atoms with Gasteiger partial charge in [0.1, 0.15) is 0 Å². The van der Waals surface area contributed by atoms with Crippen molar-refractivity contribution in [2.45, 2.75) is 4.90 Å². The van der Waals surface area contributed by atoms with Gasteiger partial charge in [-0.25, -0.2) is 0 Å². The average Bonchev–Trinajstić information content (AvgIpc) is 2.35. The van der Waals surface area contributed by atoms with Gasteiger partial charge in [-0.2, -0.15) is 0 Å². The smallest absolute Gasteiger partial charge is 0.175 e. The molecule has 0 fully saturated rings. The van der Waals surface area contributed by atoms with Crippen LogP contribution < -0.4 is 10.6 Å². The second-order valence-corrected chi connectivity index (χ2v) is 4.87. The monoisotopic (exact) mass is 294 g/mol. The molecule has 5 heteroatoms. The van der Waals surface area contributed by atoms with Crippen molar-refractivity contribution in [3.8, 4) is 0 Å². The molecule has 0 aromatic heterocycles. The standard InChI is InChI=1S/C13H11ClN2S2/c14-9-5-1-2-6-10(9)15-13(18)16-11-7-3-4-8-12(11)17/h1-8,17H,(H2,15,16,18). The summed E-state index contributed by atoms with van der Waals surface area (Å²) in [6.07, 6.45) is 0. The van der Waals surface area contributed by atoms with Gasteiger partial charge >= 0.3 is 0 Å². The molecule has 0 aliphatic heterocycles. The van der Waals surface area contributed by atoms with Crippen LogP contribution in [-0.4, -0.2) is 5.11 Å². The first kappa shape index (κ1) is 13.2. The van der Waals surface area contributed by atoms with Crippen LogP contribution in [-0.2, 0) is 0 Å². The number of halogens is 1. The minimum Gasteiger partial charge on any atom is -0.332 e. The van der Waals surface area contributed by atoms with Crippen LogP contribution in [0.2, 0.25) is 5.02 Å². The maximum Gasteiger partial charge on any atom is 0.175 e. The van der Waals surface area contributed by atoms with Gasteiger partial charge in [0.25, 0.3) is 0 Å². The summed E-state index contributed by atoms with van der Waals surface area (Å²) in [5, 5.41) is 7.21. The lowest BCUT2D eigenvalue weighted by atomic mass is 10.3. The molecule has 2 N–H and O–H groups in total. The molecule has 0 saturated carbocycles. The highest BCUT2D eigenvalue weighted by Gasteiger charge is 2.03. The highest BCUT2D eigenvalue weighted by atomic mass is 35.5. The molecule has 0 aliphatic carbocycles. The SMILES string of the molecule is S=C(Nc1ccccc1S)Nc1ccccc1Cl. The topological polar surface area (TPSA) is 24.1 Å². The van der Waals surface area contributed by atoms with Gasteiger partial charge in [-0.3, -0.25) is 0 Å². The van der Waals surface area contributed by atoms with Gasteiger partial charge in [-0.1, -0.05) is 35.9 Å². The Bertz CT molecular complexity index is 523. The predicted octanol–water partition coefficient (Wildman–Crippen LogP) is 4.44. The quantitative estimate of drug-likeness (QED) is 0.564. The summed E-state index contributed by atoms with van der Waals surface area (Å²) in [5.74, 6) is 0. The van der Waals surface area contributed by atoms with Crippen LogP contribution in [0.1, 0.15) is 0 Å². The molecule has 2 nitrogen and oxygen atoms in total. The van der Waals surface area contributed by atoms with E-state index in [1.54, 1.807) is 6.07 Å². The van der Waals surface area contributed by atoms with E-state index in [1.807, 2.05) is 42.5 Å². The van der Waals surface area contributed by atoms with Gasteiger partial charge in [-0.05, 0) is 36.5 Å². The van der Waals surface area contributed by atoms with Crippen molar-refractivity contribution >= 4 is 52.9 Å². The summed E-state index contributed by atoms with van der Waals surface area (Å²) in [7, 11) is 0. The van der Waals surface area contributed by atoms with E-state index < -0.39 is 0 Å². The Hall–Kier alpha value is -1.23. The largest absolute Gasteiger partial charge is 0.332 e. The van der Waals surface area contributed by atoms with Crippen molar-refractivity contribution in [1.29, 1.82) is 0 Å². The third-order valence-electron chi connectivity index (χ3n) is 2.27. The Balaban J connectivity index is 2.06. The molecule has 0 spiro atoms. The fourth-order valence-electron chi connectivity index (χ4n) is 1.42. The van der Waals surface area contributed by atoms with Crippen LogP contribution in [0.4, 0.5) is 11.4 Å².